The highest BCUT2D eigenvalue weighted by atomic mass is 32.2. The molecule has 0 bridgehead atoms. The molecule has 0 N–H and O–H groups in total. The third kappa shape index (κ3) is 4.54. The zero-order valence-corrected chi connectivity index (χ0v) is 16.5. The Morgan fingerprint density at radius 2 is 1.63 bits per heavy atom. The quantitative estimate of drug-likeness (QED) is 0.718. The van der Waals surface area contributed by atoms with E-state index in [4.69, 9.17) is 0 Å². The third-order valence-electron chi connectivity index (χ3n) is 4.35. The first-order valence-corrected chi connectivity index (χ1v) is 11.4. The van der Waals surface area contributed by atoms with Crippen molar-refractivity contribution in [1.29, 1.82) is 0 Å². The Hall–Kier alpha value is -1.82. The van der Waals surface area contributed by atoms with Gasteiger partial charge in [-0.05, 0) is 24.1 Å². The first-order valence-electron chi connectivity index (χ1n) is 8.39. The summed E-state index contributed by atoms with van der Waals surface area (Å²) < 4.78 is 67.8. The zero-order chi connectivity index (χ0) is 19.7. The highest BCUT2D eigenvalue weighted by molar-refractivity contribution is 7.89. The zero-order valence-electron chi connectivity index (χ0n) is 14.8. The van der Waals surface area contributed by atoms with Gasteiger partial charge in [0.25, 0.3) is 10.0 Å². The van der Waals surface area contributed by atoms with Crippen LogP contribution in [0.2, 0.25) is 0 Å². The molecule has 2 heterocycles. The molecule has 1 aliphatic heterocycles. The minimum atomic E-state index is -3.76. The fraction of sp³-hybridized carbons (Fsp3) is 0.438. The smallest absolute Gasteiger partial charge is 0.262 e. The molecule has 2 aromatic rings. The summed E-state index contributed by atoms with van der Waals surface area (Å²) >= 11 is 0. The molecule has 11 heteroatoms. The van der Waals surface area contributed by atoms with Gasteiger partial charge in [-0.2, -0.15) is 4.31 Å². The van der Waals surface area contributed by atoms with Gasteiger partial charge in [0.15, 0.2) is 5.03 Å². The van der Waals surface area contributed by atoms with Gasteiger partial charge in [-0.15, -0.1) is 0 Å². The molecule has 3 rings (SSSR count). The van der Waals surface area contributed by atoms with Crippen LogP contribution in [0, 0.1) is 5.82 Å². The van der Waals surface area contributed by atoms with Crippen LogP contribution in [0.25, 0.3) is 0 Å². The number of sulfonamides is 2. The number of halogens is 1. The van der Waals surface area contributed by atoms with E-state index in [1.165, 1.54) is 45.4 Å². The number of hydrogen-bond acceptors (Lipinski definition) is 5. The van der Waals surface area contributed by atoms with Crippen LogP contribution in [0.4, 0.5) is 4.39 Å². The monoisotopic (exact) mass is 416 g/mol. The van der Waals surface area contributed by atoms with Crippen LogP contribution in [0.3, 0.4) is 0 Å². The first-order chi connectivity index (χ1) is 12.7. The second kappa shape index (κ2) is 7.66. The Morgan fingerprint density at radius 3 is 2.26 bits per heavy atom. The molecule has 27 heavy (non-hydrogen) atoms. The molecule has 1 aliphatic rings. The second-order valence-electron chi connectivity index (χ2n) is 6.42. The maximum atomic E-state index is 13.0. The van der Waals surface area contributed by atoms with Crippen LogP contribution in [0.5, 0.6) is 0 Å². The number of rotatable bonds is 5. The van der Waals surface area contributed by atoms with Crippen molar-refractivity contribution in [2.45, 2.75) is 17.2 Å². The van der Waals surface area contributed by atoms with E-state index in [9.17, 15) is 21.2 Å². The lowest BCUT2D eigenvalue weighted by Gasteiger charge is -2.21. The fourth-order valence-electron chi connectivity index (χ4n) is 2.93. The Morgan fingerprint density at radius 1 is 1.00 bits per heavy atom. The first kappa shape index (κ1) is 19.9. The predicted molar refractivity (Wildman–Crippen MR) is 97.2 cm³/mol. The van der Waals surface area contributed by atoms with Gasteiger partial charge < -0.3 is 4.57 Å². The molecule has 1 aromatic heterocycles. The summed E-state index contributed by atoms with van der Waals surface area (Å²) in [6, 6.07) is 5.30. The molecule has 1 saturated heterocycles. The van der Waals surface area contributed by atoms with E-state index in [0.717, 1.165) is 0 Å². The number of aromatic nitrogens is 2. The number of nitrogens with zero attached hydrogens (tertiary/aromatic N) is 4. The maximum Gasteiger partial charge on any atom is 0.262 e. The van der Waals surface area contributed by atoms with E-state index in [1.807, 2.05) is 0 Å². The van der Waals surface area contributed by atoms with Crippen LogP contribution in [-0.2, 0) is 32.8 Å². The van der Waals surface area contributed by atoms with Crippen LogP contribution >= 0.6 is 0 Å². The molecule has 8 nitrogen and oxygen atoms in total. The normalized spacial score (nSPS) is 17.7. The minimum Gasteiger partial charge on any atom is -0.339 e. The van der Waals surface area contributed by atoms with Crippen LogP contribution in [-0.4, -0.2) is 61.2 Å². The number of imidazole rings is 1. The van der Waals surface area contributed by atoms with E-state index in [0.29, 0.717) is 12.0 Å². The molecule has 0 atom stereocenters. The molecule has 0 aliphatic carbocycles. The summed E-state index contributed by atoms with van der Waals surface area (Å²) in [4.78, 5) is 3.89. The lowest BCUT2D eigenvalue weighted by Crippen LogP contribution is -2.37. The van der Waals surface area contributed by atoms with E-state index in [-0.39, 0.29) is 37.0 Å². The van der Waals surface area contributed by atoms with Crippen molar-refractivity contribution in [2.75, 3.05) is 26.2 Å². The highest BCUT2D eigenvalue weighted by Crippen LogP contribution is 2.19. The summed E-state index contributed by atoms with van der Waals surface area (Å²) in [6.07, 6.45) is 3.21. The van der Waals surface area contributed by atoms with Crippen molar-refractivity contribution >= 4 is 20.0 Å². The number of hydrogen-bond donors (Lipinski definition) is 0. The Kier molecular flexibility index (Phi) is 5.65. The van der Waals surface area contributed by atoms with E-state index < -0.39 is 25.9 Å². The molecule has 0 saturated carbocycles. The summed E-state index contributed by atoms with van der Waals surface area (Å²) in [6.45, 7) is 0.580. The summed E-state index contributed by atoms with van der Waals surface area (Å²) in [5.41, 5.74) is 0.485. The Balaban J connectivity index is 1.71. The van der Waals surface area contributed by atoms with Gasteiger partial charge in [0.1, 0.15) is 5.82 Å². The van der Waals surface area contributed by atoms with E-state index >= 15 is 0 Å². The lowest BCUT2D eigenvalue weighted by molar-refractivity contribution is 0.403. The molecule has 0 spiro atoms. The molecular weight excluding hydrogens is 395 g/mol. The molecule has 148 valence electrons. The molecule has 0 unspecified atom stereocenters. The van der Waals surface area contributed by atoms with E-state index in [1.54, 1.807) is 11.6 Å². The van der Waals surface area contributed by atoms with Gasteiger partial charge in [0.2, 0.25) is 10.0 Å². The van der Waals surface area contributed by atoms with Crippen molar-refractivity contribution in [2.24, 2.45) is 7.05 Å². The van der Waals surface area contributed by atoms with Crippen molar-refractivity contribution in [3.05, 3.63) is 48.2 Å². The number of aryl methyl sites for hydroxylation is 1. The van der Waals surface area contributed by atoms with Crippen LogP contribution < -0.4 is 0 Å². The molecule has 1 aromatic carbocycles. The van der Waals surface area contributed by atoms with Crippen molar-refractivity contribution in [3.8, 4) is 0 Å². The molecule has 0 radical (unpaired) electrons. The molecule has 0 amide bonds. The minimum absolute atomic E-state index is 0.0485. The topological polar surface area (TPSA) is 92.6 Å². The van der Waals surface area contributed by atoms with Gasteiger partial charge in [-0.3, -0.25) is 0 Å². The average Bonchev–Trinajstić information content (AvgIpc) is 2.89. The summed E-state index contributed by atoms with van der Waals surface area (Å²) in [5.74, 6) is -0.679. The van der Waals surface area contributed by atoms with E-state index in [2.05, 4.69) is 4.98 Å². The van der Waals surface area contributed by atoms with Crippen LogP contribution in [0.1, 0.15) is 12.0 Å². The number of benzene rings is 1. The van der Waals surface area contributed by atoms with Crippen molar-refractivity contribution in [1.82, 2.24) is 18.2 Å². The van der Waals surface area contributed by atoms with Gasteiger partial charge in [0, 0.05) is 39.4 Å². The van der Waals surface area contributed by atoms with Gasteiger partial charge in [0.05, 0.1) is 12.1 Å². The molecule has 1 fully saturated rings. The summed E-state index contributed by atoms with van der Waals surface area (Å²) in [7, 11) is -5.71. The van der Waals surface area contributed by atoms with Crippen molar-refractivity contribution < 1.29 is 21.2 Å². The Labute approximate surface area is 158 Å². The Bertz CT molecular complexity index is 1000. The fourth-order valence-corrected chi connectivity index (χ4v) is 5.92. The lowest BCUT2D eigenvalue weighted by atomic mass is 10.2. The largest absolute Gasteiger partial charge is 0.339 e. The van der Waals surface area contributed by atoms with Crippen molar-refractivity contribution in [3.63, 3.8) is 0 Å². The average molecular weight is 417 g/mol. The third-order valence-corrected chi connectivity index (χ3v) is 7.99. The summed E-state index contributed by atoms with van der Waals surface area (Å²) in [5, 5.41) is -0.0485. The van der Waals surface area contributed by atoms with Gasteiger partial charge in [-0.1, -0.05) is 12.1 Å². The maximum absolute atomic E-state index is 13.0. The predicted octanol–water partition coefficient (Wildman–Crippen LogP) is 0.786. The SMILES string of the molecule is Cn1cnc(S(=O)(=O)N2CCCN(S(=O)(=O)Cc3ccc(F)cc3)CC2)c1. The van der Waals surface area contributed by atoms with Gasteiger partial charge >= 0.3 is 0 Å². The highest BCUT2D eigenvalue weighted by Gasteiger charge is 2.32. The van der Waals surface area contributed by atoms with Gasteiger partial charge in [-0.25, -0.2) is 30.5 Å². The second-order valence-corrected chi connectivity index (χ2v) is 10.3. The standard InChI is InChI=1S/C16H21FN4O4S2/c1-19-11-16(18-13-19)27(24,25)21-8-2-7-20(9-10-21)26(22,23)12-14-3-5-15(17)6-4-14/h3-6,11,13H,2,7-10,12H2,1H3. The molecular formula is C16H21FN4O4S2. The van der Waals surface area contributed by atoms with Crippen LogP contribution in [0.15, 0.2) is 41.8 Å².